The van der Waals surface area contributed by atoms with Crippen molar-refractivity contribution in [3.63, 3.8) is 0 Å². The molecule has 0 aromatic heterocycles. The lowest BCUT2D eigenvalue weighted by molar-refractivity contribution is 0.138. The van der Waals surface area contributed by atoms with Gasteiger partial charge in [0.05, 0.1) is 0 Å². The Labute approximate surface area is 130 Å². The molecular weight excluding hydrogens is 258 g/mol. The fourth-order valence-electron chi connectivity index (χ4n) is 3.25. The predicted octanol–water partition coefficient (Wildman–Crippen LogP) is 5.02. The van der Waals surface area contributed by atoms with Crippen LogP contribution in [0, 0.1) is 0 Å². The lowest BCUT2D eigenvalue weighted by Gasteiger charge is -2.19. The molecule has 0 aliphatic carbocycles. The van der Waals surface area contributed by atoms with Crippen LogP contribution in [0.25, 0.3) is 0 Å². The Morgan fingerprint density at radius 2 is 2.00 bits per heavy atom. The molecular formula is C19H31NO. The van der Waals surface area contributed by atoms with Crippen molar-refractivity contribution < 1.29 is 4.74 Å². The first-order valence-corrected chi connectivity index (χ1v) is 8.61. The molecule has 0 bridgehead atoms. The van der Waals surface area contributed by atoms with Crippen LogP contribution in [0.5, 0.6) is 5.75 Å². The number of hydrogen-bond acceptors (Lipinski definition) is 2. The second-order valence-electron chi connectivity index (χ2n) is 6.87. The molecule has 2 heteroatoms. The lowest BCUT2D eigenvalue weighted by Crippen LogP contribution is -2.24. The molecule has 2 rings (SSSR count). The predicted molar refractivity (Wildman–Crippen MR) is 90.0 cm³/mol. The monoisotopic (exact) mass is 289 g/mol. The van der Waals surface area contributed by atoms with Crippen molar-refractivity contribution in [3.8, 4) is 5.75 Å². The number of fused-ring (bicyclic) bond motifs is 1. The summed E-state index contributed by atoms with van der Waals surface area (Å²) in [5.74, 6) is 1.07. The Bertz CT molecular complexity index is 453. The zero-order chi connectivity index (χ0) is 15.3. The normalized spacial score (nSPS) is 17.3. The van der Waals surface area contributed by atoms with Gasteiger partial charge in [-0.3, -0.25) is 0 Å². The molecule has 0 saturated heterocycles. The van der Waals surface area contributed by atoms with Crippen molar-refractivity contribution in [2.75, 3.05) is 6.54 Å². The molecule has 0 fully saturated rings. The summed E-state index contributed by atoms with van der Waals surface area (Å²) < 4.78 is 5.98. The van der Waals surface area contributed by atoms with E-state index >= 15 is 0 Å². The largest absolute Gasteiger partial charge is 0.487 e. The smallest absolute Gasteiger partial charge is 0.123 e. The second kappa shape index (κ2) is 7.31. The summed E-state index contributed by atoms with van der Waals surface area (Å²) in [6.45, 7) is 9.82. The fraction of sp³-hybridized carbons (Fsp3) is 0.684. The van der Waals surface area contributed by atoms with Crippen molar-refractivity contribution in [1.82, 2.24) is 5.32 Å². The summed E-state index contributed by atoms with van der Waals surface area (Å²) >= 11 is 0. The van der Waals surface area contributed by atoms with E-state index in [0.717, 1.165) is 18.7 Å². The van der Waals surface area contributed by atoms with Crippen LogP contribution >= 0.6 is 0 Å². The maximum absolute atomic E-state index is 5.98. The summed E-state index contributed by atoms with van der Waals surface area (Å²) in [6.07, 6.45) is 7.56. The second-order valence-corrected chi connectivity index (χ2v) is 6.87. The quantitative estimate of drug-likeness (QED) is 0.678. The highest BCUT2D eigenvalue weighted by molar-refractivity contribution is 5.42. The van der Waals surface area contributed by atoms with E-state index in [1.165, 1.54) is 43.2 Å². The number of nitrogens with one attached hydrogen (secondary N) is 1. The van der Waals surface area contributed by atoms with E-state index in [0.29, 0.717) is 6.04 Å². The van der Waals surface area contributed by atoms with Crippen LogP contribution in [0.1, 0.15) is 77.0 Å². The Morgan fingerprint density at radius 1 is 1.19 bits per heavy atom. The van der Waals surface area contributed by atoms with Crippen molar-refractivity contribution in [1.29, 1.82) is 0 Å². The van der Waals surface area contributed by atoms with Crippen LogP contribution in [0.3, 0.4) is 0 Å². The molecule has 1 aromatic carbocycles. The number of rotatable bonds is 8. The zero-order valence-electron chi connectivity index (χ0n) is 14.2. The average molecular weight is 289 g/mol. The van der Waals surface area contributed by atoms with E-state index in [9.17, 15) is 0 Å². The first-order chi connectivity index (χ1) is 10.1. The summed E-state index contributed by atoms with van der Waals surface area (Å²) in [5, 5.41) is 3.65. The topological polar surface area (TPSA) is 21.3 Å². The lowest BCUT2D eigenvalue weighted by atomic mass is 9.95. The third kappa shape index (κ3) is 4.47. The van der Waals surface area contributed by atoms with Crippen LogP contribution in [-0.2, 0) is 6.42 Å². The van der Waals surface area contributed by atoms with Gasteiger partial charge in [-0.1, -0.05) is 51.7 Å². The van der Waals surface area contributed by atoms with Gasteiger partial charge in [0, 0.05) is 12.5 Å². The maximum atomic E-state index is 5.98. The van der Waals surface area contributed by atoms with Gasteiger partial charge in [0.15, 0.2) is 0 Å². The number of hydrogen-bond donors (Lipinski definition) is 1. The van der Waals surface area contributed by atoms with E-state index in [-0.39, 0.29) is 5.60 Å². The molecule has 1 aromatic rings. The van der Waals surface area contributed by atoms with Crippen molar-refractivity contribution in [3.05, 3.63) is 29.3 Å². The molecule has 1 aliphatic rings. The zero-order valence-corrected chi connectivity index (χ0v) is 14.2. The van der Waals surface area contributed by atoms with Gasteiger partial charge in [0.2, 0.25) is 0 Å². The van der Waals surface area contributed by atoms with Crippen molar-refractivity contribution >= 4 is 0 Å². The van der Waals surface area contributed by atoms with Gasteiger partial charge in [-0.25, -0.2) is 0 Å². The molecule has 0 spiro atoms. The minimum atomic E-state index is -0.0459. The van der Waals surface area contributed by atoms with Gasteiger partial charge in [0.1, 0.15) is 11.4 Å². The molecule has 1 heterocycles. The van der Waals surface area contributed by atoms with Crippen LogP contribution in [-0.4, -0.2) is 12.1 Å². The number of ether oxygens (including phenoxy) is 1. The Balaban J connectivity index is 2.04. The summed E-state index contributed by atoms with van der Waals surface area (Å²) in [7, 11) is 0. The first-order valence-electron chi connectivity index (χ1n) is 8.61. The van der Waals surface area contributed by atoms with E-state index in [4.69, 9.17) is 4.74 Å². The number of unbranched alkanes of at least 4 members (excludes halogenated alkanes) is 3. The number of benzene rings is 1. The third-order valence-corrected chi connectivity index (χ3v) is 4.29. The molecule has 2 nitrogen and oxygen atoms in total. The highest BCUT2D eigenvalue weighted by Crippen LogP contribution is 2.36. The molecule has 0 saturated carbocycles. The van der Waals surface area contributed by atoms with Crippen molar-refractivity contribution in [2.24, 2.45) is 0 Å². The van der Waals surface area contributed by atoms with Crippen LogP contribution in [0.15, 0.2) is 18.2 Å². The Kier molecular flexibility index (Phi) is 5.69. The maximum Gasteiger partial charge on any atom is 0.123 e. The standard InChI is InChI=1S/C19H31NO/c1-5-7-8-9-10-17(20-6-2)15-11-12-18-16(13-15)14-19(3,4)21-18/h11-13,17,20H,5-10,14H2,1-4H3. The van der Waals surface area contributed by atoms with Gasteiger partial charge < -0.3 is 10.1 Å². The fourth-order valence-corrected chi connectivity index (χ4v) is 3.25. The molecule has 0 amide bonds. The van der Waals surface area contributed by atoms with E-state index in [1.54, 1.807) is 0 Å². The molecule has 1 aliphatic heterocycles. The van der Waals surface area contributed by atoms with Gasteiger partial charge in [-0.15, -0.1) is 0 Å². The molecule has 0 radical (unpaired) electrons. The Hall–Kier alpha value is -1.02. The molecule has 1 N–H and O–H groups in total. The summed E-state index contributed by atoms with van der Waals surface area (Å²) in [6, 6.07) is 7.25. The molecule has 21 heavy (non-hydrogen) atoms. The van der Waals surface area contributed by atoms with E-state index in [2.05, 4.69) is 51.2 Å². The van der Waals surface area contributed by atoms with Gasteiger partial charge >= 0.3 is 0 Å². The van der Waals surface area contributed by atoms with Gasteiger partial charge in [-0.2, -0.15) is 0 Å². The molecule has 1 atom stereocenters. The molecule has 1 unspecified atom stereocenters. The first kappa shape index (κ1) is 16.4. The van der Waals surface area contributed by atoms with Crippen LogP contribution < -0.4 is 10.1 Å². The van der Waals surface area contributed by atoms with Gasteiger partial charge in [0.25, 0.3) is 0 Å². The third-order valence-electron chi connectivity index (χ3n) is 4.29. The van der Waals surface area contributed by atoms with E-state index in [1.807, 2.05) is 0 Å². The highest BCUT2D eigenvalue weighted by atomic mass is 16.5. The van der Waals surface area contributed by atoms with Crippen LogP contribution in [0.4, 0.5) is 0 Å². The summed E-state index contributed by atoms with van der Waals surface area (Å²) in [5.41, 5.74) is 2.75. The van der Waals surface area contributed by atoms with Crippen molar-refractivity contribution in [2.45, 2.75) is 77.9 Å². The molecule has 118 valence electrons. The van der Waals surface area contributed by atoms with Gasteiger partial charge in [-0.05, 0) is 44.0 Å². The SMILES string of the molecule is CCCCCCC(NCC)c1ccc2c(c1)CC(C)(C)O2. The minimum Gasteiger partial charge on any atom is -0.487 e. The van der Waals surface area contributed by atoms with E-state index < -0.39 is 0 Å². The minimum absolute atomic E-state index is 0.0459. The average Bonchev–Trinajstić information content (AvgIpc) is 2.75. The van der Waals surface area contributed by atoms with Crippen LogP contribution in [0.2, 0.25) is 0 Å². The highest BCUT2D eigenvalue weighted by Gasteiger charge is 2.30. The Morgan fingerprint density at radius 3 is 2.71 bits per heavy atom. The summed E-state index contributed by atoms with van der Waals surface area (Å²) in [4.78, 5) is 0.